The standard InChI is InChI=1S/C16H18N2O3/c1-20-13-4-2-3-11(14(13)19)16-17-15(18-21-16)12-8-9-5-6-10(12)7-9/h2-4,9-10,12,19H,5-8H2,1H3. The highest BCUT2D eigenvalue weighted by Gasteiger charge is 2.42. The molecule has 0 spiro atoms. The van der Waals surface area contributed by atoms with Gasteiger partial charge in [-0.2, -0.15) is 4.98 Å². The second-order valence-electron chi connectivity index (χ2n) is 6.10. The minimum Gasteiger partial charge on any atom is -0.504 e. The lowest BCUT2D eigenvalue weighted by molar-refractivity contribution is 0.366. The van der Waals surface area contributed by atoms with Crippen molar-refractivity contribution in [3.63, 3.8) is 0 Å². The third-order valence-electron chi connectivity index (χ3n) is 4.96. The van der Waals surface area contributed by atoms with Gasteiger partial charge >= 0.3 is 0 Å². The van der Waals surface area contributed by atoms with Crippen LogP contribution in [0, 0.1) is 11.8 Å². The van der Waals surface area contributed by atoms with Crippen LogP contribution in [0.15, 0.2) is 22.7 Å². The van der Waals surface area contributed by atoms with Crippen molar-refractivity contribution < 1.29 is 14.4 Å². The summed E-state index contributed by atoms with van der Waals surface area (Å²) in [5.74, 6) is 3.58. The lowest BCUT2D eigenvalue weighted by Crippen LogP contribution is -2.09. The molecule has 1 N–H and O–H groups in total. The molecule has 2 bridgehead atoms. The average Bonchev–Trinajstić information content (AvgIpc) is 3.23. The summed E-state index contributed by atoms with van der Waals surface area (Å²) in [4.78, 5) is 4.52. The number of hydrogen-bond acceptors (Lipinski definition) is 5. The zero-order chi connectivity index (χ0) is 14.4. The molecule has 4 rings (SSSR count). The van der Waals surface area contributed by atoms with Crippen molar-refractivity contribution in [3.05, 3.63) is 24.0 Å². The second kappa shape index (κ2) is 4.76. The number of para-hydroxylation sites is 1. The van der Waals surface area contributed by atoms with Gasteiger partial charge in [-0.25, -0.2) is 0 Å². The first-order valence-corrected chi connectivity index (χ1v) is 7.46. The van der Waals surface area contributed by atoms with Crippen LogP contribution in [-0.4, -0.2) is 22.4 Å². The van der Waals surface area contributed by atoms with E-state index in [1.807, 2.05) is 0 Å². The number of phenolic OH excluding ortho intramolecular Hbond substituents is 1. The number of rotatable bonds is 3. The van der Waals surface area contributed by atoms with Gasteiger partial charge in [0, 0.05) is 5.92 Å². The van der Waals surface area contributed by atoms with E-state index in [1.165, 1.54) is 32.8 Å². The fourth-order valence-electron chi connectivity index (χ4n) is 3.92. The van der Waals surface area contributed by atoms with Gasteiger partial charge in [-0.05, 0) is 43.2 Å². The molecule has 2 fully saturated rings. The molecule has 1 heterocycles. The van der Waals surface area contributed by atoms with Crippen LogP contribution in [0.25, 0.3) is 11.5 Å². The quantitative estimate of drug-likeness (QED) is 0.937. The predicted molar refractivity (Wildman–Crippen MR) is 76.1 cm³/mol. The Morgan fingerprint density at radius 3 is 2.90 bits per heavy atom. The molecule has 0 amide bonds. The van der Waals surface area contributed by atoms with Gasteiger partial charge in [0.1, 0.15) is 0 Å². The van der Waals surface area contributed by atoms with Crippen LogP contribution in [0.5, 0.6) is 11.5 Å². The van der Waals surface area contributed by atoms with Crippen molar-refractivity contribution in [3.8, 4) is 23.0 Å². The molecule has 3 unspecified atom stereocenters. The van der Waals surface area contributed by atoms with Gasteiger partial charge < -0.3 is 14.4 Å². The molecule has 1 aromatic heterocycles. The maximum atomic E-state index is 10.2. The Labute approximate surface area is 122 Å². The van der Waals surface area contributed by atoms with Gasteiger partial charge in [-0.3, -0.25) is 0 Å². The minimum atomic E-state index is 0.0446. The molecule has 3 atom stereocenters. The van der Waals surface area contributed by atoms with E-state index in [4.69, 9.17) is 9.26 Å². The monoisotopic (exact) mass is 286 g/mol. The van der Waals surface area contributed by atoms with Gasteiger partial charge in [0.2, 0.25) is 0 Å². The summed E-state index contributed by atoms with van der Waals surface area (Å²) in [6.07, 6.45) is 5.11. The number of phenols is 1. The molecule has 5 nitrogen and oxygen atoms in total. The lowest BCUT2D eigenvalue weighted by Gasteiger charge is -2.17. The molecule has 2 aromatic rings. The maximum absolute atomic E-state index is 10.2. The van der Waals surface area contributed by atoms with Crippen molar-refractivity contribution in [2.24, 2.45) is 11.8 Å². The number of fused-ring (bicyclic) bond motifs is 2. The van der Waals surface area contributed by atoms with E-state index in [1.54, 1.807) is 18.2 Å². The number of ether oxygens (including phenoxy) is 1. The molecule has 0 saturated heterocycles. The van der Waals surface area contributed by atoms with E-state index in [0.717, 1.165) is 11.7 Å². The summed E-state index contributed by atoms with van der Waals surface area (Å²) in [7, 11) is 1.52. The molecule has 2 aliphatic carbocycles. The first-order chi connectivity index (χ1) is 10.3. The smallest absolute Gasteiger partial charge is 0.261 e. The van der Waals surface area contributed by atoms with Gasteiger partial charge in [-0.15, -0.1) is 0 Å². The number of aromatic hydroxyl groups is 1. The summed E-state index contributed by atoms with van der Waals surface area (Å²) in [5.41, 5.74) is 0.524. The molecule has 1 aromatic carbocycles. The SMILES string of the molecule is COc1cccc(-c2nc(C3CC4CCC3C4)no2)c1O. The van der Waals surface area contributed by atoms with E-state index < -0.39 is 0 Å². The van der Waals surface area contributed by atoms with Gasteiger partial charge in [0.15, 0.2) is 17.3 Å². The molecule has 5 heteroatoms. The van der Waals surface area contributed by atoms with Crippen LogP contribution in [0.1, 0.15) is 37.4 Å². The lowest BCUT2D eigenvalue weighted by atomic mass is 9.88. The molecule has 0 radical (unpaired) electrons. The van der Waals surface area contributed by atoms with Crippen molar-refractivity contribution in [2.45, 2.75) is 31.6 Å². The topological polar surface area (TPSA) is 68.4 Å². The van der Waals surface area contributed by atoms with Gasteiger partial charge in [0.25, 0.3) is 5.89 Å². The molecule has 0 aliphatic heterocycles. The van der Waals surface area contributed by atoms with Crippen molar-refractivity contribution in [2.75, 3.05) is 7.11 Å². The second-order valence-corrected chi connectivity index (χ2v) is 6.10. The van der Waals surface area contributed by atoms with E-state index in [0.29, 0.717) is 29.0 Å². The first kappa shape index (κ1) is 12.7. The van der Waals surface area contributed by atoms with E-state index in [2.05, 4.69) is 10.1 Å². The summed E-state index contributed by atoms with van der Waals surface area (Å²) < 4.78 is 10.5. The zero-order valence-electron chi connectivity index (χ0n) is 12.0. The molecular weight excluding hydrogens is 268 g/mol. The normalized spacial score (nSPS) is 27.2. The molecule has 2 saturated carbocycles. The Hall–Kier alpha value is -2.04. The van der Waals surface area contributed by atoms with Crippen LogP contribution in [-0.2, 0) is 0 Å². The molecule has 110 valence electrons. The van der Waals surface area contributed by atoms with E-state index in [9.17, 15) is 5.11 Å². The molecule has 2 aliphatic rings. The Bertz CT molecular complexity index is 667. The molecular formula is C16H18N2O3. The zero-order valence-corrected chi connectivity index (χ0v) is 12.0. The average molecular weight is 286 g/mol. The Morgan fingerprint density at radius 2 is 2.19 bits per heavy atom. The van der Waals surface area contributed by atoms with Crippen molar-refractivity contribution in [1.82, 2.24) is 10.1 Å². The Balaban J connectivity index is 1.66. The number of hydrogen-bond donors (Lipinski definition) is 1. The van der Waals surface area contributed by atoms with E-state index >= 15 is 0 Å². The van der Waals surface area contributed by atoms with Crippen molar-refractivity contribution in [1.29, 1.82) is 0 Å². The fraction of sp³-hybridized carbons (Fsp3) is 0.500. The number of methoxy groups -OCH3 is 1. The van der Waals surface area contributed by atoms with Crippen LogP contribution in [0.4, 0.5) is 0 Å². The van der Waals surface area contributed by atoms with Crippen LogP contribution in [0.2, 0.25) is 0 Å². The third-order valence-corrected chi connectivity index (χ3v) is 4.96. The van der Waals surface area contributed by atoms with Gasteiger partial charge in [0.05, 0.1) is 12.7 Å². The minimum absolute atomic E-state index is 0.0446. The van der Waals surface area contributed by atoms with Crippen LogP contribution in [0.3, 0.4) is 0 Å². The largest absolute Gasteiger partial charge is 0.504 e. The van der Waals surface area contributed by atoms with Crippen molar-refractivity contribution >= 4 is 0 Å². The highest BCUT2D eigenvalue weighted by atomic mass is 16.5. The van der Waals surface area contributed by atoms with E-state index in [-0.39, 0.29) is 5.75 Å². The fourth-order valence-corrected chi connectivity index (χ4v) is 3.92. The first-order valence-electron chi connectivity index (χ1n) is 7.46. The predicted octanol–water partition coefficient (Wildman–Crippen LogP) is 3.35. The third kappa shape index (κ3) is 1.99. The highest BCUT2D eigenvalue weighted by Crippen LogP contribution is 2.52. The number of aromatic nitrogens is 2. The number of nitrogens with zero attached hydrogens (tertiary/aromatic N) is 2. The maximum Gasteiger partial charge on any atom is 0.261 e. The van der Waals surface area contributed by atoms with Crippen LogP contribution >= 0.6 is 0 Å². The van der Waals surface area contributed by atoms with Crippen LogP contribution < -0.4 is 4.74 Å². The molecule has 21 heavy (non-hydrogen) atoms. The van der Waals surface area contributed by atoms with Gasteiger partial charge in [-0.1, -0.05) is 17.6 Å². The summed E-state index contributed by atoms with van der Waals surface area (Å²) in [6.45, 7) is 0. The Morgan fingerprint density at radius 1 is 1.29 bits per heavy atom. The summed E-state index contributed by atoms with van der Waals surface area (Å²) in [5, 5.41) is 14.3. The summed E-state index contributed by atoms with van der Waals surface area (Å²) >= 11 is 0. The Kier molecular flexibility index (Phi) is 2.87. The summed E-state index contributed by atoms with van der Waals surface area (Å²) in [6, 6.07) is 5.26. The highest BCUT2D eigenvalue weighted by molar-refractivity contribution is 5.66. The number of benzene rings is 1.